The van der Waals surface area contributed by atoms with Gasteiger partial charge in [0, 0.05) is 24.2 Å². The molecule has 7 nitrogen and oxygen atoms in total. The number of fused-ring (bicyclic) bond motifs is 1. The molecule has 170 valence electrons. The minimum atomic E-state index is -0.348. The summed E-state index contributed by atoms with van der Waals surface area (Å²) in [6.45, 7) is 2.42. The number of nitrogens with one attached hydrogen (secondary N) is 1. The molecule has 8 heteroatoms. The number of para-hydroxylation sites is 1. The zero-order valence-electron chi connectivity index (χ0n) is 18.4. The van der Waals surface area contributed by atoms with Crippen LogP contribution < -0.4 is 15.8 Å². The van der Waals surface area contributed by atoms with E-state index in [0.29, 0.717) is 57.3 Å². The van der Waals surface area contributed by atoms with Crippen LogP contribution in [0.1, 0.15) is 29.0 Å². The third-order valence-electron chi connectivity index (χ3n) is 5.91. The lowest BCUT2D eigenvalue weighted by Gasteiger charge is -2.17. The Balaban J connectivity index is 1.41. The smallest absolute Gasteiger partial charge is 0.265 e. The van der Waals surface area contributed by atoms with Crippen molar-refractivity contribution >= 4 is 45.7 Å². The van der Waals surface area contributed by atoms with Crippen molar-refractivity contribution in [2.24, 2.45) is 0 Å². The zero-order valence-corrected chi connectivity index (χ0v) is 19.2. The predicted molar refractivity (Wildman–Crippen MR) is 133 cm³/mol. The molecule has 2 heterocycles. The summed E-state index contributed by atoms with van der Waals surface area (Å²) in [6, 6.07) is 19.1. The zero-order chi connectivity index (χ0) is 23.8. The van der Waals surface area contributed by atoms with Crippen molar-refractivity contribution in [1.82, 2.24) is 9.55 Å². The van der Waals surface area contributed by atoms with E-state index in [9.17, 15) is 14.4 Å². The summed E-state index contributed by atoms with van der Waals surface area (Å²) in [6.07, 6.45) is 1.33. The summed E-state index contributed by atoms with van der Waals surface area (Å²) in [4.78, 5) is 44.2. The topological polar surface area (TPSA) is 84.3 Å². The highest BCUT2D eigenvalue weighted by atomic mass is 35.5. The van der Waals surface area contributed by atoms with Crippen LogP contribution in [0.2, 0.25) is 5.02 Å². The Bertz CT molecular complexity index is 1490. The number of halogens is 1. The molecule has 2 amide bonds. The molecule has 0 unspecified atom stereocenters. The molecule has 0 saturated carbocycles. The van der Waals surface area contributed by atoms with Gasteiger partial charge >= 0.3 is 0 Å². The fourth-order valence-electron chi connectivity index (χ4n) is 4.20. The van der Waals surface area contributed by atoms with Crippen LogP contribution in [0, 0.1) is 6.92 Å². The van der Waals surface area contributed by atoms with Crippen molar-refractivity contribution in [3.05, 3.63) is 93.5 Å². The fourth-order valence-corrected chi connectivity index (χ4v) is 4.37. The van der Waals surface area contributed by atoms with Crippen molar-refractivity contribution in [2.75, 3.05) is 16.8 Å². The Hall–Kier alpha value is -3.97. The number of nitrogens with zero attached hydrogens (tertiary/aromatic N) is 3. The number of benzene rings is 3. The van der Waals surface area contributed by atoms with Crippen molar-refractivity contribution in [1.29, 1.82) is 0 Å². The summed E-state index contributed by atoms with van der Waals surface area (Å²) < 4.78 is 1.53. The van der Waals surface area contributed by atoms with Crippen LogP contribution in [0.25, 0.3) is 16.6 Å². The summed E-state index contributed by atoms with van der Waals surface area (Å²) in [7, 11) is 0. The maximum atomic E-state index is 13.0. The molecule has 0 aliphatic carbocycles. The molecule has 0 radical (unpaired) electrons. The Labute approximate surface area is 200 Å². The van der Waals surface area contributed by atoms with E-state index >= 15 is 0 Å². The van der Waals surface area contributed by atoms with Crippen LogP contribution in [-0.2, 0) is 4.79 Å². The number of anilines is 2. The number of hydrogen-bond donors (Lipinski definition) is 1. The van der Waals surface area contributed by atoms with E-state index in [4.69, 9.17) is 11.6 Å². The lowest BCUT2D eigenvalue weighted by molar-refractivity contribution is -0.117. The van der Waals surface area contributed by atoms with Gasteiger partial charge in [-0.25, -0.2) is 4.98 Å². The molecular formula is C26H21ClN4O3. The average Bonchev–Trinajstić information content (AvgIpc) is 3.26. The number of aryl methyl sites for hydroxylation is 1. The van der Waals surface area contributed by atoms with Gasteiger partial charge in [-0.2, -0.15) is 0 Å². The van der Waals surface area contributed by atoms with Crippen LogP contribution in [0.3, 0.4) is 0 Å². The van der Waals surface area contributed by atoms with Gasteiger partial charge in [-0.05, 0) is 67.9 Å². The van der Waals surface area contributed by atoms with Crippen molar-refractivity contribution < 1.29 is 9.59 Å². The first-order valence-electron chi connectivity index (χ1n) is 10.9. The summed E-state index contributed by atoms with van der Waals surface area (Å²) in [5.74, 6) is 0.268. The lowest BCUT2D eigenvalue weighted by atomic mass is 10.1. The lowest BCUT2D eigenvalue weighted by Crippen LogP contribution is -2.24. The predicted octanol–water partition coefficient (Wildman–Crippen LogP) is 4.73. The Morgan fingerprint density at radius 3 is 2.47 bits per heavy atom. The molecule has 5 rings (SSSR count). The molecule has 1 fully saturated rings. The molecule has 3 aromatic carbocycles. The van der Waals surface area contributed by atoms with E-state index in [1.807, 2.05) is 6.07 Å². The maximum Gasteiger partial charge on any atom is 0.265 e. The molecule has 0 bridgehead atoms. The average molecular weight is 473 g/mol. The van der Waals surface area contributed by atoms with E-state index in [-0.39, 0.29) is 17.4 Å². The monoisotopic (exact) mass is 472 g/mol. The standard InChI is InChI=1S/C26H21ClN4O3/c1-16-28-22-6-3-2-5-20(22)26(34)31(16)18-10-8-17(9-11-18)25(33)29-23-15-19(12-13-21(23)27)30-14-4-7-24(30)32/h2-3,5-6,8-13,15H,4,7,14H2,1H3,(H,29,33). The first-order valence-corrected chi connectivity index (χ1v) is 11.3. The normalized spacial score (nSPS) is 13.5. The number of carbonyl (C=O) groups is 2. The first kappa shape index (κ1) is 21.9. The van der Waals surface area contributed by atoms with E-state index in [1.165, 1.54) is 4.57 Å². The first-order chi connectivity index (χ1) is 16.4. The fraction of sp³-hybridized carbons (Fsp3) is 0.154. The van der Waals surface area contributed by atoms with Gasteiger partial charge < -0.3 is 10.2 Å². The van der Waals surface area contributed by atoms with Crippen LogP contribution in [-0.4, -0.2) is 27.9 Å². The summed E-state index contributed by atoms with van der Waals surface area (Å²) >= 11 is 6.30. The summed E-state index contributed by atoms with van der Waals surface area (Å²) in [5.41, 5.74) is 2.63. The van der Waals surface area contributed by atoms with Crippen LogP contribution in [0.15, 0.2) is 71.5 Å². The van der Waals surface area contributed by atoms with Gasteiger partial charge in [-0.15, -0.1) is 0 Å². The SMILES string of the molecule is Cc1nc2ccccc2c(=O)n1-c1ccc(C(=O)Nc2cc(N3CCCC3=O)ccc2Cl)cc1. The molecule has 34 heavy (non-hydrogen) atoms. The molecular weight excluding hydrogens is 452 g/mol. The molecule has 4 aromatic rings. The van der Waals surface area contributed by atoms with Gasteiger partial charge in [0.2, 0.25) is 5.91 Å². The third kappa shape index (κ3) is 3.95. The molecule has 1 N–H and O–H groups in total. The van der Waals surface area contributed by atoms with E-state index in [1.54, 1.807) is 72.5 Å². The van der Waals surface area contributed by atoms with Gasteiger partial charge in [0.15, 0.2) is 0 Å². The number of rotatable bonds is 4. The number of aromatic nitrogens is 2. The van der Waals surface area contributed by atoms with Crippen molar-refractivity contribution in [3.63, 3.8) is 0 Å². The molecule has 0 spiro atoms. The number of amides is 2. The highest BCUT2D eigenvalue weighted by molar-refractivity contribution is 6.34. The minimum absolute atomic E-state index is 0.0592. The van der Waals surface area contributed by atoms with E-state index in [2.05, 4.69) is 10.3 Å². The molecule has 0 atom stereocenters. The molecule has 1 aliphatic heterocycles. The van der Waals surface area contributed by atoms with Crippen LogP contribution in [0.5, 0.6) is 0 Å². The Kier molecular flexibility index (Phi) is 5.63. The van der Waals surface area contributed by atoms with Gasteiger partial charge in [0.1, 0.15) is 5.82 Å². The van der Waals surface area contributed by atoms with Crippen LogP contribution in [0.4, 0.5) is 11.4 Å². The number of hydrogen-bond acceptors (Lipinski definition) is 4. The number of carbonyl (C=O) groups excluding carboxylic acids is 2. The minimum Gasteiger partial charge on any atom is -0.321 e. The van der Waals surface area contributed by atoms with Crippen LogP contribution >= 0.6 is 11.6 Å². The Morgan fingerprint density at radius 1 is 1.00 bits per heavy atom. The van der Waals surface area contributed by atoms with Gasteiger partial charge in [0.25, 0.3) is 11.5 Å². The largest absolute Gasteiger partial charge is 0.321 e. The van der Waals surface area contributed by atoms with Gasteiger partial charge in [-0.3, -0.25) is 19.0 Å². The van der Waals surface area contributed by atoms with Gasteiger partial charge in [-0.1, -0.05) is 23.7 Å². The Morgan fingerprint density at radius 2 is 1.74 bits per heavy atom. The molecule has 1 aromatic heterocycles. The maximum absolute atomic E-state index is 13.0. The van der Waals surface area contributed by atoms with E-state index < -0.39 is 0 Å². The van der Waals surface area contributed by atoms with Crippen molar-refractivity contribution in [3.8, 4) is 5.69 Å². The highest BCUT2D eigenvalue weighted by Gasteiger charge is 2.22. The molecule has 1 aliphatic rings. The second-order valence-corrected chi connectivity index (χ2v) is 8.54. The van der Waals surface area contributed by atoms with E-state index in [0.717, 1.165) is 6.42 Å². The second-order valence-electron chi connectivity index (χ2n) is 8.13. The molecule has 1 saturated heterocycles. The highest BCUT2D eigenvalue weighted by Crippen LogP contribution is 2.30. The summed E-state index contributed by atoms with van der Waals surface area (Å²) in [5, 5.41) is 3.73. The quantitative estimate of drug-likeness (QED) is 0.465. The van der Waals surface area contributed by atoms with Crippen molar-refractivity contribution in [2.45, 2.75) is 19.8 Å². The van der Waals surface area contributed by atoms with Gasteiger partial charge in [0.05, 0.1) is 27.3 Å². The second kappa shape index (κ2) is 8.76. The third-order valence-corrected chi connectivity index (χ3v) is 6.24.